The molecule has 1 aliphatic rings. The SMILES string of the molecule is Cl.Clc1ccc2nc(N3CCCNCC3)sc2c1. The average molecular weight is 304 g/mol. The van der Waals surface area contributed by atoms with Gasteiger partial charge in [-0.3, -0.25) is 0 Å². The van der Waals surface area contributed by atoms with Crippen LogP contribution in [0.5, 0.6) is 0 Å². The van der Waals surface area contributed by atoms with Crippen molar-refractivity contribution in [1.82, 2.24) is 10.3 Å². The van der Waals surface area contributed by atoms with E-state index < -0.39 is 0 Å². The zero-order valence-electron chi connectivity index (χ0n) is 9.86. The van der Waals surface area contributed by atoms with Crippen LogP contribution in [0.25, 0.3) is 10.2 Å². The summed E-state index contributed by atoms with van der Waals surface area (Å²) in [5.74, 6) is 0. The molecule has 1 aromatic heterocycles. The monoisotopic (exact) mass is 303 g/mol. The first-order valence-corrected chi connectivity index (χ1v) is 7.04. The largest absolute Gasteiger partial charge is 0.347 e. The molecule has 0 unspecified atom stereocenters. The highest BCUT2D eigenvalue weighted by Gasteiger charge is 2.13. The Kier molecular flexibility index (Phi) is 4.67. The smallest absolute Gasteiger partial charge is 0.186 e. The Bertz CT molecular complexity index is 521. The van der Waals surface area contributed by atoms with E-state index in [2.05, 4.69) is 15.2 Å². The fourth-order valence-corrected chi connectivity index (χ4v) is 3.35. The van der Waals surface area contributed by atoms with Gasteiger partial charge in [0.1, 0.15) is 0 Å². The third-order valence-electron chi connectivity index (χ3n) is 2.95. The summed E-state index contributed by atoms with van der Waals surface area (Å²) in [4.78, 5) is 7.04. The van der Waals surface area contributed by atoms with E-state index >= 15 is 0 Å². The minimum Gasteiger partial charge on any atom is -0.347 e. The van der Waals surface area contributed by atoms with E-state index in [1.807, 2.05) is 18.2 Å². The quantitative estimate of drug-likeness (QED) is 0.877. The molecule has 1 aromatic carbocycles. The number of nitrogens with zero attached hydrogens (tertiary/aromatic N) is 2. The Labute approximate surface area is 122 Å². The Balaban J connectivity index is 0.00000120. The van der Waals surface area contributed by atoms with Crippen LogP contribution < -0.4 is 10.2 Å². The first-order chi connectivity index (χ1) is 8.33. The van der Waals surface area contributed by atoms with Gasteiger partial charge in [0.2, 0.25) is 0 Å². The lowest BCUT2D eigenvalue weighted by Crippen LogP contribution is -2.27. The zero-order chi connectivity index (χ0) is 11.7. The first kappa shape index (κ1) is 13.9. The highest BCUT2D eigenvalue weighted by molar-refractivity contribution is 7.22. The number of anilines is 1. The minimum atomic E-state index is 0. The van der Waals surface area contributed by atoms with Gasteiger partial charge in [-0.25, -0.2) is 4.98 Å². The molecule has 2 heterocycles. The number of halogens is 2. The summed E-state index contributed by atoms with van der Waals surface area (Å²) < 4.78 is 1.17. The molecule has 0 bridgehead atoms. The maximum absolute atomic E-state index is 6.00. The predicted octanol–water partition coefficient (Wildman–Crippen LogP) is 3.17. The van der Waals surface area contributed by atoms with Crippen molar-refractivity contribution in [2.45, 2.75) is 6.42 Å². The number of thiazole rings is 1. The maximum atomic E-state index is 6.00. The molecule has 0 spiro atoms. The second kappa shape index (κ2) is 6.06. The van der Waals surface area contributed by atoms with Gasteiger partial charge in [-0.1, -0.05) is 22.9 Å². The number of aromatic nitrogens is 1. The summed E-state index contributed by atoms with van der Waals surface area (Å²) in [6, 6.07) is 5.89. The number of hydrogen-bond donors (Lipinski definition) is 1. The van der Waals surface area contributed by atoms with Gasteiger partial charge in [-0.05, 0) is 31.2 Å². The molecule has 0 saturated carbocycles. The van der Waals surface area contributed by atoms with E-state index in [0.29, 0.717) is 0 Å². The molecule has 0 amide bonds. The highest BCUT2D eigenvalue weighted by Crippen LogP contribution is 2.30. The molecule has 6 heteroatoms. The van der Waals surface area contributed by atoms with Gasteiger partial charge < -0.3 is 10.2 Å². The average Bonchev–Trinajstić information content (AvgIpc) is 2.57. The van der Waals surface area contributed by atoms with Gasteiger partial charge in [-0.2, -0.15) is 0 Å². The van der Waals surface area contributed by atoms with Crippen LogP contribution in [0.4, 0.5) is 5.13 Å². The first-order valence-electron chi connectivity index (χ1n) is 5.85. The van der Waals surface area contributed by atoms with Crippen molar-refractivity contribution < 1.29 is 0 Å². The zero-order valence-corrected chi connectivity index (χ0v) is 12.2. The molecule has 0 radical (unpaired) electrons. The standard InChI is InChI=1S/C12H14ClN3S.ClH/c13-9-2-3-10-11(8-9)17-12(15-10)16-6-1-4-14-5-7-16;/h2-3,8,14H,1,4-7H2;1H. The Morgan fingerprint density at radius 1 is 1.28 bits per heavy atom. The van der Waals surface area contributed by atoms with Crippen molar-refractivity contribution in [3.8, 4) is 0 Å². The number of benzene rings is 1. The van der Waals surface area contributed by atoms with Crippen molar-refractivity contribution in [1.29, 1.82) is 0 Å². The van der Waals surface area contributed by atoms with Crippen LogP contribution in [0.2, 0.25) is 5.02 Å². The lowest BCUT2D eigenvalue weighted by molar-refractivity contribution is 0.724. The molecule has 1 saturated heterocycles. The summed E-state index contributed by atoms with van der Waals surface area (Å²) in [5, 5.41) is 5.30. The van der Waals surface area contributed by atoms with Crippen LogP contribution in [-0.4, -0.2) is 31.2 Å². The number of rotatable bonds is 1. The van der Waals surface area contributed by atoms with Crippen LogP contribution in [-0.2, 0) is 0 Å². The van der Waals surface area contributed by atoms with Gasteiger partial charge in [0.15, 0.2) is 5.13 Å². The predicted molar refractivity (Wildman–Crippen MR) is 81.6 cm³/mol. The summed E-state index contributed by atoms with van der Waals surface area (Å²) in [6.07, 6.45) is 1.18. The van der Waals surface area contributed by atoms with Gasteiger partial charge in [0.05, 0.1) is 10.2 Å². The third kappa shape index (κ3) is 2.88. The molecular weight excluding hydrogens is 289 g/mol. The Hall–Kier alpha value is -0.550. The van der Waals surface area contributed by atoms with E-state index in [1.54, 1.807) is 11.3 Å². The van der Waals surface area contributed by atoms with Crippen LogP contribution in [0.1, 0.15) is 6.42 Å². The van der Waals surface area contributed by atoms with Gasteiger partial charge in [-0.15, -0.1) is 12.4 Å². The second-order valence-electron chi connectivity index (χ2n) is 4.20. The molecule has 1 N–H and O–H groups in total. The van der Waals surface area contributed by atoms with Crippen LogP contribution in [0.15, 0.2) is 18.2 Å². The van der Waals surface area contributed by atoms with E-state index in [-0.39, 0.29) is 12.4 Å². The highest BCUT2D eigenvalue weighted by atomic mass is 35.5. The lowest BCUT2D eigenvalue weighted by Gasteiger charge is -2.17. The van der Waals surface area contributed by atoms with E-state index in [0.717, 1.165) is 41.8 Å². The van der Waals surface area contributed by atoms with Crippen LogP contribution in [0.3, 0.4) is 0 Å². The number of fused-ring (bicyclic) bond motifs is 1. The van der Waals surface area contributed by atoms with E-state index in [4.69, 9.17) is 11.6 Å². The molecule has 2 aromatic rings. The number of hydrogen-bond acceptors (Lipinski definition) is 4. The van der Waals surface area contributed by atoms with Crippen molar-refractivity contribution in [2.75, 3.05) is 31.1 Å². The van der Waals surface area contributed by atoms with Crippen LogP contribution in [0, 0.1) is 0 Å². The molecule has 18 heavy (non-hydrogen) atoms. The molecule has 0 aliphatic carbocycles. The Morgan fingerprint density at radius 3 is 3.06 bits per heavy atom. The minimum absolute atomic E-state index is 0. The van der Waals surface area contributed by atoms with Crippen molar-refractivity contribution in [3.63, 3.8) is 0 Å². The second-order valence-corrected chi connectivity index (χ2v) is 5.64. The van der Waals surface area contributed by atoms with Crippen LogP contribution >= 0.6 is 35.3 Å². The fraction of sp³-hybridized carbons (Fsp3) is 0.417. The van der Waals surface area contributed by atoms with E-state index in [9.17, 15) is 0 Å². The maximum Gasteiger partial charge on any atom is 0.186 e. The third-order valence-corrected chi connectivity index (χ3v) is 4.26. The molecule has 98 valence electrons. The molecule has 3 rings (SSSR count). The summed E-state index contributed by atoms with van der Waals surface area (Å²) >= 11 is 7.72. The summed E-state index contributed by atoms with van der Waals surface area (Å²) in [5.41, 5.74) is 1.05. The van der Waals surface area contributed by atoms with Crippen molar-refractivity contribution in [3.05, 3.63) is 23.2 Å². The van der Waals surface area contributed by atoms with Gasteiger partial charge >= 0.3 is 0 Å². The number of nitrogens with one attached hydrogen (secondary N) is 1. The van der Waals surface area contributed by atoms with Gasteiger partial charge in [0, 0.05) is 24.7 Å². The molecule has 1 fully saturated rings. The van der Waals surface area contributed by atoms with Gasteiger partial charge in [0.25, 0.3) is 0 Å². The lowest BCUT2D eigenvalue weighted by atomic mass is 10.3. The Morgan fingerprint density at radius 2 is 2.17 bits per heavy atom. The molecule has 1 aliphatic heterocycles. The topological polar surface area (TPSA) is 28.2 Å². The molecule has 0 atom stereocenters. The molecular formula is C12H15Cl2N3S. The summed E-state index contributed by atoms with van der Waals surface area (Å²) in [7, 11) is 0. The normalized spacial score (nSPS) is 16.4. The fourth-order valence-electron chi connectivity index (χ4n) is 2.06. The van der Waals surface area contributed by atoms with E-state index in [1.165, 1.54) is 11.1 Å². The van der Waals surface area contributed by atoms with Crippen molar-refractivity contribution in [2.24, 2.45) is 0 Å². The molecule has 3 nitrogen and oxygen atoms in total. The summed E-state index contributed by atoms with van der Waals surface area (Å²) in [6.45, 7) is 4.26. The van der Waals surface area contributed by atoms with Crippen molar-refractivity contribution >= 4 is 50.7 Å².